The molecule has 1 saturated carbocycles. The predicted molar refractivity (Wildman–Crippen MR) is 71.8 cm³/mol. The highest BCUT2D eigenvalue weighted by molar-refractivity contribution is 5.85. The van der Waals surface area contributed by atoms with Crippen LogP contribution in [-0.4, -0.2) is 60.0 Å². The summed E-state index contributed by atoms with van der Waals surface area (Å²) in [4.78, 5) is 27.9. The van der Waals surface area contributed by atoms with Gasteiger partial charge < -0.3 is 14.9 Å². The third-order valence-electron chi connectivity index (χ3n) is 4.58. The monoisotopic (exact) mass is 268 g/mol. The third-order valence-corrected chi connectivity index (χ3v) is 4.58. The first-order valence-electron chi connectivity index (χ1n) is 7.23. The zero-order valence-electron chi connectivity index (χ0n) is 11.7. The molecule has 0 aromatic rings. The van der Waals surface area contributed by atoms with Crippen molar-refractivity contribution < 1.29 is 14.7 Å². The fourth-order valence-electron chi connectivity index (χ4n) is 3.22. The van der Waals surface area contributed by atoms with E-state index in [9.17, 15) is 14.7 Å². The van der Waals surface area contributed by atoms with Crippen molar-refractivity contribution in [3.05, 3.63) is 0 Å². The number of hydrogen-bond donors (Lipinski definition) is 1. The SMILES string of the molecule is CN1CCCN(C(=O)CC2(C(=O)O)CCCC2)CC1. The number of amides is 1. The molecule has 108 valence electrons. The summed E-state index contributed by atoms with van der Waals surface area (Å²) in [6, 6.07) is 0. The van der Waals surface area contributed by atoms with Gasteiger partial charge in [-0.1, -0.05) is 12.8 Å². The molecular formula is C14H24N2O3. The molecule has 19 heavy (non-hydrogen) atoms. The Morgan fingerprint density at radius 2 is 1.74 bits per heavy atom. The first kappa shape index (κ1) is 14.3. The van der Waals surface area contributed by atoms with Gasteiger partial charge in [-0.3, -0.25) is 9.59 Å². The number of carboxylic acid groups (broad SMARTS) is 1. The normalized spacial score (nSPS) is 24.2. The summed E-state index contributed by atoms with van der Waals surface area (Å²) in [5.41, 5.74) is -0.782. The van der Waals surface area contributed by atoms with Crippen LogP contribution >= 0.6 is 0 Å². The maximum atomic E-state index is 12.4. The van der Waals surface area contributed by atoms with Crippen LogP contribution in [0.15, 0.2) is 0 Å². The summed E-state index contributed by atoms with van der Waals surface area (Å²) in [5, 5.41) is 9.43. The molecule has 0 atom stereocenters. The van der Waals surface area contributed by atoms with E-state index < -0.39 is 11.4 Å². The van der Waals surface area contributed by atoms with Crippen molar-refractivity contribution in [3.63, 3.8) is 0 Å². The zero-order chi connectivity index (χ0) is 13.9. The lowest BCUT2D eigenvalue weighted by Crippen LogP contribution is -2.40. The highest BCUT2D eigenvalue weighted by Crippen LogP contribution is 2.41. The summed E-state index contributed by atoms with van der Waals surface area (Å²) >= 11 is 0. The molecule has 0 unspecified atom stereocenters. The molecule has 0 radical (unpaired) electrons. The van der Waals surface area contributed by atoms with Crippen LogP contribution in [-0.2, 0) is 9.59 Å². The first-order valence-corrected chi connectivity index (χ1v) is 7.23. The van der Waals surface area contributed by atoms with E-state index in [4.69, 9.17) is 0 Å². The van der Waals surface area contributed by atoms with Crippen LogP contribution in [0.2, 0.25) is 0 Å². The van der Waals surface area contributed by atoms with Crippen LogP contribution in [0.5, 0.6) is 0 Å². The van der Waals surface area contributed by atoms with Crippen molar-refractivity contribution in [1.82, 2.24) is 9.80 Å². The highest BCUT2D eigenvalue weighted by Gasteiger charge is 2.43. The van der Waals surface area contributed by atoms with E-state index >= 15 is 0 Å². The molecule has 1 heterocycles. The summed E-state index contributed by atoms with van der Waals surface area (Å²) in [6.07, 6.45) is 4.34. The van der Waals surface area contributed by atoms with Crippen molar-refractivity contribution in [3.8, 4) is 0 Å². The van der Waals surface area contributed by atoms with Gasteiger partial charge in [-0.2, -0.15) is 0 Å². The quantitative estimate of drug-likeness (QED) is 0.835. The van der Waals surface area contributed by atoms with Crippen molar-refractivity contribution in [2.45, 2.75) is 38.5 Å². The van der Waals surface area contributed by atoms with Gasteiger partial charge in [0.25, 0.3) is 0 Å². The molecule has 5 nitrogen and oxygen atoms in total. The Hall–Kier alpha value is -1.10. The summed E-state index contributed by atoms with van der Waals surface area (Å²) in [6.45, 7) is 3.38. The topological polar surface area (TPSA) is 60.9 Å². The molecule has 2 fully saturated rings. The molecule has 1 N–H and O–H groups in total. The fourth-order valence-corrected chi connectivity index (χ4v) is 3.22. The Balaban J connectivity index is 1.97. The molecule has 1 amide bonds. The molecule has 1 saturated heterocycles. The smallest absolute Gasteiger partial charge is 0.310 e. The van der Waals surface area contributed by atoms with Crippen LogP contribution < -0.4 is 0 Å². The minimum atomic E-state index is -0.787. The number of nitrogens with zero attached hydrogens (tertiary/aromatic N) is 2. The number of carboxylic acids is 1. The van der Waals surface area contributed by atoms with E-state index in [0.717, 1.165) is 45.4 Å². The fraction of sp³-hybridized carbons (Fsp3) is 0.857. The number of carbonyl (C=O) groups is 2. The van der Waals surface area contributed by atoms with Gasteiger partial charge in [0.2, 0.25) is 5.91 Å². The van der Waals surface area contributed by atoms with Crippen molar-refractivity contribution in [2.75, 3.05) is 33.2 Å². The molecule has 1 aliphatic heterocycles. The molecular weight excluding hydrogens is 244 g/mol. The van der Waals surface area contributed by atoms with Gasteiger partial charge in [0, 0.05) is 26.1 Å². The minimum absolute atomic E-state index is 0.0274. The average molecular weight is 268 g/mol. The van der Waals surface area contributed by atoms with Crippen molar-refractivity contribution >= 4 is 11.9 Å². The van der Waals surface area contributed by atoms with Gasteiger partial charge >= 0.3 is 5.97 Å². The number of hydrogen-bond acceptors (Lipinski definition) is 3. The summed E-state index contributed by atoms with van der Waals surface area (Å²) < 4.78 is 0. The van der Waals surface area contributed by atoms with Crippen molar-refractivity contribution in [1.29, 1.82) is 0 Å². The lowest BCUT2D eigenvalue weighted by Gasteiger charge is -2.27. The molecule has 0 bridgehead atoms. The highest BCUT2D eigenvalue weighted by atomic mass is 16.4. The molecule has 2 aliphatic rings. The molecule has 5 heteroatoms. The van der Waals surface area contributed by atoms with Gasteiger partial charge in [0.1, 0.15) is 0 Å². The number of carbonyl (C=O) groups excluding carboxylic acids is 1. The predicted octanol–water partition coefficient (Wildman–Crippen LogP) is 1.19. The summed E-state index contributed by atoms with van der Waals surface area (Å²) in [7, 11) is 2.06. The molecule has 1 aliphatic carbocycles. The van der Waals surface area contributed by atoms with Gasteiger partial charge in [0.15, 0.2) is 0 Å². The number of likely N-dealkylation sites (N-methyl/N-ethyl adjacent to an activating group) is 1. The maximum Gasteiger partial charge on any atom is 0.310 e. The second-order valence-electron chi connectivity index (χ2n) is 6.01. The van der Waals surface area contributed by atoms with E-state index in [1.54, 1.807) is 0 Å². The van der Waals surface area contributed by atoms with Crippen LogP contribution in [0.4, 0.5) is 0 Å². The molecule has 0 aromatic heterocycles. The van der Waals surface area contributed by atoms with E-state index in [2.05, 4.69) is 11.9 Å². The van der Waals surface area contributed by atoms with E-state index in [0.29, 0.717) is 12.8 Å². The summed E-state index contributed by atoms with van der Waals surface area (Å²) in [5.74, 6) is -0.759. The second kappa shape index (κ2) is 5.90. The van der Waals surface area contributed by atoms with Crippen LogP contribution in [0.1, 0.15) is 38.5 Å². The Kier molecular flexibility index (Phi) is 4.45. The lowest BCUT2D eigenvalue weighted by molar-refractivity contribution is -0.153. The molecule has 0 spiro atoms. The third kappa shape index (κ3) is 3.26. The maximum absolute atomic E-state index is 12.4. The Labute approximate surface area is 114 Å². The van der Waals surface area contributed by atoms with Gasteiger partial charge in [-0.15, -0.1) is 0 Å². The van der Waals surface area contributed by atoms with E-state index in [-0.39, 0.29) is 12.3 Å². The molecule has 2 rings (SSSR count). The van der Waals surface area contributed by atoms with E-state index in [1.165, 1.54) is 0 Å². The number of rotatable bonds is 3. The van der Waals surface area contributed by atoms with Crippen LogP contribution in [0.25, 0.3) is 0 Å². The lowest BCUT2D eigenvalue weighted by atomic mass is 9.82. The Bertz CT molecular complexity index is 351. The molecule has 0 aromatic carbocycles. The van der Waals surface area contributed by atoms with Gasteiger partial charge in [0.05, 0.1) is 5.41 Å². The zero-order valence-corrected chi connectivity index (χ0v) is 11.7. The first-order chi connectivity index (χ1) is 9.03. The van der Waals surface area contributed by atoms with Crippen molar-refractivity contribution in [2.24, 2.45) is 5.41 Å². The van der Waals surface area contributed by atoms with E-state index in [1.807, 2.05) is 4.90 Å². The Morgan fingerprint density at radius 3 is 2.37 bits per heavy atom. The Morgan fingerprint density at radius 1 is 1.05 bits per heavy atom. The standard InChI is InChI=1S/C14H24N2O3/c1-15-7-4-8-16(10-9-15)12(17)11-14(13(18)19)5-2-3-6-14/h2-11H2,1H3,(H,18,19). The van der Waals surface area contributed by atoms with Crippen LogP contribution in [0, 0.1) is 5.41 Å². The van der Waals surface area contributed by atoms with Gasteiger partial charge in [-0.25, -0.2) is 0 Å². The minimum Gasteiger partial charge on any atom is -0.481 e. The largest absolute Gasteiger partial charge is 0.481 e. The van der Waals surface area contributed by atoms with Gasteiger partial charge in [-0.05, 0) is 32.9 Å². The average Bonchev–Trinajstić information content (AvgIpc) is 2.72. The second-order valence-corrected chi connectivity index (χ2v) is 6.01. The van der Waals surface area contributed by atoms with Crippen LogP contribution in [0.3, 0.4) is 0 Å². The number of aliphatic carboxylic acids is 1.